The number of carbonyl (C=O) groups is 1. The molecule has 0 N–H and O–H groups in total. The van der Waals surface area contributed by atoms with Crippen LogP contribution in [0.4, 0.5) is 0 Å². The molecule has 0 aliphatic carbocycles. The van der Waals surface area contributed by atoms with E-state index < -0.39 is 0 Å². The number of hydrogen-bond donors (Lipinski definition) is 0. The molecule has 0 atom stereocenters. The second-order valence-corrected chi connectivity index (χ2v) is 3.34. The molecule has 0 aliphatic heterocycles. The Morgan fingerprint density at radius 1 is 1.08 bits per heavy atom. The highest BCUT2D eigenvalue weighted by molar-refractivity contribution is 5.78. The lowest BCUT2D eigenvalue weighted by molar-refractivity contribution is -0.119. The predicted octanol–water partition coefficient (Wildman–Crippen LogP) is 2.09. The van der Waals surface area contributed by atoms with Gasteiger partial charge < -0.3 is 4.90 Å². The highest BCUT2D eigenvalue weighted by Gasteiger charge is 2.02. The predicted molar refractivity (Wildman–Crippen MR) is 52.3 cm³/mol. The molecule has 0 aromatic rings. The Labute approximate surface area is 75.9 Å². The van der Waals surface area contributed by atoms with Gasteiger partial charge in [-0.2, -0.15) is 0 Å². The molecule has 2 nitrogen and oxygen atoms in total. The second kappa shape index (κ2) is 7.29. The molecule has 0 unspecified atom stereocenters. The van der Waals surface area contributed by atoms with Gasteiger partial charge in [0.05, 0.1) is 0 Å². The summed E-state index contributed by atoms with van der Waals surface area (Å²) >= 11 is 0. The van der Waals surface area contributed by atoms with Gasteiger partial charge in [0, 0.05) is 19.4 Å². The fraction of sp³-hybridized carbons (Fsp3) is 0.900. The number of carbonyl (C=O) groups excluding carboxylic acids is 1. The van der Waals surface area contributed by atoms with E-state index in [1.54, 1.807) is 0 Å². The minimum atomic E-state index is 0.403. The topological polar surface area (TPSA) is 20.3 Å². The van der Waals surface area contributed by atoms with Crippen molar-refractivity contribution in [2.75, 3.05) is 20.1 Å². The van der Waals surface area contributed by atoms with E-state index in [0.29, 0.717) is 5.78 Å². The van der Waals surface area contributed by atoms with Gasteiger partial charge in [-0.15, -0.1) is 0 Å². The molecule has 2 heteroatoms. The molecular formula is C10H21NO. The van der Waals surface area contributed by atoms with E-state index in [4.69, 9.17) is 0 Å². The third-order valence-corrected chi connectivity index (χ3v) is 1.91. The maximum Gasteiger partial charge on any atom is 0.134 e. The largest absolute Gasteiger partial charge is 0.306 e. The van der Waals surface area contributed by atoms with Gasteiger partial charge in [0.15, 0.2) is 0 Å². The molecule has 0 spiro atoms. The number of ketones is 1. The summed E-state index contributed by atoms with van der Waals surface area (Å²) in [6.07, 6.45) is 3.62. The molecule has 0 aromatic heterocycles. The zero-order chi connectivity index (χ0) is 9.40. The zero-order valence-electron chi connectivity index (χ0n) is 8.60. The quantitative estimate of drug-likeness (QED) is 0.584. The molecule has 0 fully saturated rings. The molecule has 0 aliphatic rings. The highest BCUT2D eigenvalue weighted by Crippen LogP contribution is 1.96. The van der Waals surface area contributed by atoms with Crippen molar-refractivity contribution in [2.45, 2.75) is 39.5 Å². The summed E-state index contributed by atoms with van der Waals surface area (Å²) < 4.78 is 0. The summed E-state index contributed by atoms with van der Waals surface area (Å²) in [5, 5.41) is 0. The minimum Gasteiger partial charge on any atom is -0.306 e. The van der Waals surface area contributed by atoms with Crippen LogP contribution in [0.25, 0.3) is 0 Å². The Bertz CT molecular complexity index is 123. The first-order valence-corrected chi connectivity index (χ1v) is 4.91. The van der Waals surface area contributed by atoms with Crippen LogP contribution in [0, 0.1) is 0 Å². The number of rotatable bonds is 7. The van der Waals surface area contributed by atoms with Crippen LogP contribution in [-0.4, -0.2) is 30.8 Å². The fourth-order valence-corrected chi connectivity index (χ4v) is 1.21. The Morgan fingerprint density at radius 3 is 2.25 bits per heavy atom. The molecule has 12 heavy (non-hydrogen) atoms. The van der Waals surface area contributed by atoms with Crippen molar-refractivity contribution in [3.8, 4) is 0 Å². The molecule has 0 rings (SSSR count). The van der Waals surface area contributed by atoms with Crippen LogP contribution in [-0.2, 0) is 4.79 Å². The number of hydrogen-bond acceptors (Lipinski definition) is 2. The molecule has 0 saturated carbocycles. The van der Waals surface area contributed by atoms with Crippen LogP contribution >= 0.6 is 0 Å². The van der Waals surface area contributed by atoms with Crippen molar-refractivity contribution in [3.63, 3.8) is 0 Å². The van der Waals surface area contributed by atoms with Gasteiger partial charge in [0.2, 0.25) is 0 Å². The van der Waals surface area contributed by atoms with Crippen LogP contribution < -0.4 is 0 Å². The molecule has 0 radical (unpaired) electrons. The monoisotopic (exact) mass is 171 g/mol. The van der Waals surface area contributed by atoms with Crippen LogP contribution in [0.2, 0.25) is 0 Å². The average molecular weight is 171 g/mol. The van der Waals surface area contributed by atoms with Gasteiger partial charge in [-0.3, -0.25) is 4.79 Å². The normalized spacial score (nSPS) is 10.7. The summed E-state index contributed by atoms with van der Waals surface area (Å²) in [5.41, 5.74) is 0. The Kier molecular flexibility index (Phi) is 7.06. The van der Waals surface area contributed by atoms with Gasteiger partial charge in [0.25, 0.3) is 0 Å². The van der Waals surface area contributed by atoms with Gasteiger partial charge in [-0.25, -0.2) is 0 Å². The van der Waals surface area contributed by atoms with Crippen molar-refractivity contribution in [1.29, 1.82) is 0 Å². The van der Waals surface area contributed by atoms with Crippen molar-refractivity contribution in [3.05, 3.63) is 0 Å². The van der Waals surface area contributed by atoms with E-state index in [1.807, 2.05) is 6.92 Å². The minimum absolute atomic E-state index is 0.403. The fourth-order valence-electron chi connectivity index (χ4n) is 1.21. The summed E-state index contributed by atoms with van der Waals surface area (Å²) in [4.78, 5) is 13.3. The maximum atomic E-state index is 11.1. The van der Waals surface area contributed by atoms with Crippen LogP contribution in [0.15, 0.2) is 0 Å². The second-order valence-electron chi connectivity index (χ2n) is 3.34. The van der Waals surface area contributed by atoms with E-state index in [1.165, 1.54) is 6.42 Å². The lowest BCUT2D eigenvalue weighted by atomic mass is 10.2. The highest BCUT2D eigenvalue weighted by atomic mass is 16.1. The van der Waals surface area contributed by atoms with Crippen molar-refractivity contribution in [2.24, 2.45) is 0 Å². The first-order valence-electron chi connectivity index (χ1n) is 4.91. The molecule has 0 saturated heterocycles. The standard InChI is InChI=1S/C10H21NO/c1-4-6-10(12)7-9-11(3)8-5-2/h4-9H2,1-3H3. The zero-order valence-corrected chi connectivity index (χ0v) is 8.60. The summed E-state index contributed by atoms with van der Waals surface area (Å²) in [6.45, 7) is 6.23. The first-order chi connectivity index (χ1) is 5.70. The summed E-state index contributed by atoms with van der Waals surface area (Å²) in [6, 6.07) is 0. The van der Waals surface area contributed by atoms with Gasteiger partial charge in [0.1, 0.15) is 5.78 Å². The van der Waals surface area contributed by atoms with E-state index in [2.05, 4.69) is 18.9 Å². The van der Waals surface area contributed by atoms with Crippen LogP contribution in [0.3, 0.4) is 0 Å². The molecule has 0 bridgehead atoms. The lowest BCUT2D eigenvalue weighted by Gasteiger charge is -2.14. The van der Waals surface area contributed by atoms with Gasteiger partial charge >= 0.3 is 0 Å². The maximum absolute atomic E-state index is 11.1. The molecule has 0 amide bonds. The summed E-state index contributed by atoms with van der Waals surface area (Å²) in [5.74, 6) is 0.403. The van der Waals surface area contributed by atoms with Crippen LogP contribution in [0.5, 0.6) is 0 Å². The van der Waals surface area contributed by atoms with E-state index >= 15 is 0 Å². The molecular weight excluding hydrogens is 150 g/mol. The molecule has 0 aromatic carbocycles. The van der Waals surface area contributed by atoms with E-state index in [-0.39, 0.29) is 0 Å². The van der Waals surface area contributed by atoms with Crippen molar-refractivity contribution >= 4 is 5.78 Å². The Hall–Kier alpha value is -0.370. The summed E-state index contributed by atoms with van der Waals surface area (Å²) in [7, 11) is 2.07. The van der Waals surface area contributed by atoms with Crippen molar-refractivity contribution < 1.29 is 4.79 Å². The Balaban J connectivity index is 3.33. The van der Waals surface area contributed by atoms with Crippen molar-refractivity contribution in [1.82, 2.24) is 4.90 Å². The number of Topliss-reactive ketones (excluding diaryl/α,β-unsaturated/α-hetero) is 1. The molecule has 72 valence electrons. The number of nitrogens with zero attached hydrogens (tertiary/aromatic N) is 1. The van der Waals surface area contributed by atoms with E-state index in [0.717, 1.165) is 32.4 Å². The average Bonchev–Trinajstić information content (AvgIpc) is 2.02. The first kappa shape index (κ1) is 11.6. The van der Waals surface area contributed by atoms with Gasteiger partial charge in [-0.1, -0.05) is 13.8 Å². The van der Waals surface area contributed by atoms with E-state index in [9.17, 15) is 4.79 Å². The van der Waals surface area contributed by atoms with Gasteiger partial charge in [-0.05, 0) is 26.4 Å². The smallest absolute Gasteiger partial charge is 0.134 e. The van der Waals surface area contributed by atoms with Crippen LogP contribution in [0.1, 0.15) is 39.5 Å². The lowest BCUT2D eigenvalue weighted by Crippen LogP contribution is -2.22. The SMILES string of the molecule is CCCC(=O)CCN(C)CCC. The molecule has 0 heterocycles. The third kappa shape index (κ3) is 6.35. The third-order valence-electron chi connectivity index (χ3n) is 1.91. The Morgan fingerprint density at radius 2 is 1.75 bits per heavy atom.